The second-order valence-electron chi connectivity index (χ2n) is 6.74. The van der Waals surface area contributed by atoms with E-state index in [0.29, 0.717) is 28.6 Å². The summed E-state index contributed by atoms with van der Waals surface area (Å²) in [5.74, 6) is -0.286. The van der Waals surface area contributed by atoms with Crippen LogP contribution >= 0.6 is 0 Å². The Balaban J connectivity index is 1.81. The Labute approximate surface area is 168 Å². The summed E-state index contributed by atoms with van der Waals surface area (Å²) in [5, 5.41) is 2.72. The lowest BCUT2D eigenvalue weighted by molar-refractivity contribution is -0.122. The molecule has 1 aliphatic heterocycles. The zero-order valence-corrected chi connectivity index (χ0v) is 16.7. The molecular weight excluding hydrogens is 379 g/mol. The quantitative estimate of drug-likeness (QED) is 0.803. The fourth-order valence-electron chi connectivity index (χ4n) is 3.32. The van der Waals surface area contributed by atoms with Gasteiger partial charge in [0.25, 0.3) is 0 Å². The van der Waals surface area contributed by atoms with Crippen LogP contribution in [0.15, 0.2) is 30.3 Å². The van der Waals surface area contributed by atoms with E-state index in [2.05, 4.69) is 5.32 Å². The fourth-order valence-corrected chi connectivity index (χ4v) is 3.32. The van der Waals surface area contributed by atoms with Crippen LogP contribution in [0.5, 0.6) is 17.2 Å². The molecular formula is C21H23FN2O5. The van der Waals surface area contributed by atoms with Crippen LogP contribution in [0.4, 0.5) is 15.8 Å². The van der Waals surface area contributed by atoms with Crippen LogP contribution in [0.3, 0.4) is 0 Å². The first-order valence-electron chi connectivity index (χ1n) is 9.05. The fraction of sp³-hybridized carbons (Fsp3) is 0.333. The summed E-state index contributed by atoms with van der Waals surface area (Å²) in [7, 11) is 4.48. The van der Waals surface area contributed by atoms with Gasteiger partial charge in [-0.2, -0.15) is 0 Å². The van der Waals surface area contributed by atoms with E-state index in [4.69, 9.17) is 14.2 Å². The minimum Gasteiger partial charge on any atom is -0.493 e. The van der Waals surface area contributed by atoms with E-state index in [1.54, 1.807) is 25.1 Å². The lowest BCUT2D eigenvalue weighted by atomic mass is 10.1. The summed E-state index contributed by atoms with van der Waals surface area (Å²) in [5.41, 5.74) is 1.68. The number of aryl methyl sites for hydroxylation is 1. The molecule has 0 bridgehead atoms. The van der Waals surface area contributed by atoms with E-state index in [0.717, 1.165) is 5.56 Å². The normalized spacial score (nSPS) is 16.0. The molecule has 0 unspecified atom stereocenters. The van der Waals surface area contributed by atoms with Crippen LogP contribution in [0.2, 0.25) is 0 Å². The maximum atomic E-state index is 13.5. The number of nitrogens with zero attached hydrogens (tertiary/aromatic N) is 1. The molecule has 1 atom stereocenters. The molecule has 2 aromatic carbocycles. The minimum absolute atomic E-state index is 0.0524. The topological polar surface area (TPSA) is 77.1 Å². The third-order valence-corrected chi connectivity index (χ3v) is 4.91. The molecule has 1 saturated heterocycles. The van der Waals surface area contributed by atoms with E-state index in [1.807, 2.05) is 0 Å². The highest BCUT2D eigenvalue weighted by Gasteiger charge is 2.36. The number of ether oxygens (including phenoxy) is 3. The Kier molecular flexibility index (Phi) is 5.91. The molecule has 0 saturated carbocycles. The number of hydrogen-bond donors (Lipinski definition) is 1. The number of rotatable bonds is 6. The first-order chi connectivity index (χ1) is 13.9. The number of carbonyl (C=O) groups is 2. The van der Waals surface area contributed by atoms with Gasteiger partial charge in [0.05, 0.1) is 32.9 Å². The Morgan fingerprint density at radius 3 is 2.34 bits per heavy atom. The van der Waals surface area contributed by atoms with Crippen LogP contribution < -0.4 is 24.4 Å². The first kappa shape index (κ1) is 20.4. The summed E-state index contributed by atoms with van der Waals surface area (Å²) in [6.07, 6.45) is 0.0524. The third kappa shape index (κ3) is 4.11. The van der Waals surface area contributed by atoms with Gasteiger partial charge in [0.2, 0.25) is 17.6 Å². The number of halogens is 1. The number of amides is 2. The van der Waals surface area contributed by atoms with Gasteiger partial charge in [-0.05, 0) is 24.6 Å². The number of hydrogen-bond acceptors (Lipinski definition) is 5. The average Bonchev–Trinajstić information content (AvgIpc) is 3.11. The van der Waals surface area contributed by atoms with Crippen molar-refractivity contribution in [2.45, 2.75) is 13.3 Å². The number of anilines is 2. The van der Waals surface area contributed by atoms with Crippen LogP contribution in [0.1, 0.15) is 12.0 Å². The number of methoxy groups -OCH3 is 3. The molecule has 1 aliphatic rings. The average molecular weight is 402 g/mol. The summed E-state index contributed by atoms with van der Waals surface area (Å²) in [6, 6.07) is 7.51. The van der Waals surface area contributed by atoms with Crippen molar-refractivity contribution < 1.29 is 28.2 Å². The largest absolute Gasteiger partial charge is 0.493 e. The van der Waals surface area contributed by atoms with Crippen molar-refractivity contribution in [1.82, 2.24) is 0 Å². The molecule has 0 aromatic heterocycles. The third-order valence-electron chi connectivity index (χ3n) is 4.91. The molecule has 0 spiro atoms. The van der Waals surface area contributed by atoms with Crippen molar-refractivity contribution >= 4 is 23.2 Å². The molecule has 29 heavy (non-hydrogen) atoms. The van der Waals surface area contributed by atoms with E-state index in [-0.39, 0.29) is 24.8 Å². The van der Waals surface area contributed by atoms with Gasteiger partial charge in [-0.25, -0.2) is 4.39 Å². The van der Waals surface area contributed by atoms with Crippen molar-refractivity contribution in [3.05, 3.63) is 41.7 Å². The Hall–Kier alpha value is -3.29. The summed E-state index contributed by atoms with van der Waals surface area (Å²) >= 11 is 0. The second kappa shape index (κ2) is 8.38. The van der Waals surface area contributed by atoms with Crippen LogP contribution in [0, 0.1) is 18.7 Å². The lowest BCUT2D eigenvalue weighted by Crippen LogP contribution is -2.28. The molecule has 3 rings (SSSR count). The SMILES string of the molecule is COc1cc(N2C[C@@H](C(=O)Nc3cc(F)ccc3C)CC2=O)cc(OC)c1OC. The number of benzene rings is 2. The second-order valence-corrected chi connectivity index (χ2v) is 6.74. The minimum atomic E-state index is -0.566. The Morgan fingerprint density at radius 2 is 1.76 bits per heavy atom. The summed E-state index contributed by atoms with van der Waals surface area (Å²) < 4.78 is 29.4. The number of carbonyl (C=O) groups excluding carboxylic acids is 2. The smallest absolute Gasteiger partial charge is 0.229 e. The summed E-state index contributed by atoms with van der Waals surface area (Å²) in [4.78, 5) is 26.8. The molecule has 8 heteroatoms. The van der Waals surface area contributed by atoms with Crippen molar-refractivity contribution in [1.29, 1.82) is 0 Å². The maximum absolute atomic E-state index is 13.5. The number of nitrogens with one attached hydrogen (secondary N) is 1. The van der Waals surface area contributed by atoms with Gasteiger partial charge in [0, 0.05) is 30.8 Å². The van der Waals surface area contributed by atoms with E-state index in [1.165, 1.54) is 38.4 Å². The molecule has 2 amide bonds. The monoisotopic (exact) mass is 402 g/mol. The van der Waals surface area contributed by atoms with E-state index in [9.17, 15) is 14.0 Å². The van der Waals surface area contributed by atoms with Gasteiger partial charge in [-0.3, -0.25) is 9.59 Å². The molecule has 7 nitrogen and oxygen atoms in total. The van der Waals surface area contributed by atoms with Crippen LogP contribution in [0.25, 0.3) is 0 Å². The van der Waals surface area contributed by atoms with Gasteiger partial charge in [-0.1, -0.05) is 6.07 Å². The maximum Gasteiger partial charge on any atom is 0.229 e. The van der Waals surface area contributed by atoms with E-state index < -0.39 is 11.7 Å². The molecule has 0 radical (unpaired) electrons. The molecule has 154 valence electrons. The zero-order chi connectivity index (χ0) is 21.1. The van der Waals surface area contributed by atoms with Crippen LogP contribution in [-0.2, 0) is 9.59 Å². The summed E-state index contributed by atoms with van der Waals surface area (Å²) in [6.45, 7) is 1.97. The van der Waals surface area contributed by atoms with Gasteiger partial charge in [-0.15, -0.1) is 0 Å². The van der Waals surface area contributed by atoms with Gasteiger partial charge < -0.3 is 24.4 Å². The molecule has 0 aliphatic carbocycles. The van der Waals surface area contributed by atoms with Crippen molar-refractivity contribution in [2.24, 2.45) is 5.92 Å². The highest BCUT2D eigenvalue weighted by molar-refractivity contribution is 6.04. The van der Waals surface area contributed by atoms with Crippen LogP contribution in [-0.4, -0.2) is 39.7 Å². The van der Waals surface area contributed by atoms with E-state index >= 15 is 0 Å². The highest BCUT2D eigenvalue weighted by atomic mass is 19.1. The van der Waals surface area contributed by atoms with Crippen molar-refractivity contribution in [2.75, 3.05) is 38.1 Å². The van der Waals surface area contributed by atoms with Gasteiger partial charge in [0.15, 0.2) is 11.5 Å². The Bertz CT molecular complexity index is 922. The molecule has 2 aromatic rings. The lowest BCUT2D eigenvalue weighted by Gasteiger charge is -2.20. The van der Waals surface area contributed by atoms with Crippen molar-refractivity contribution in [3.8, 4) is 17.2 Å². The Morgan fingerprint density at radius 1 is 1.10 bits per heavy atom. The van der Waals surface area contributed by atoms with Crippen molar-refractivity contribution in [3.63, 3.8) is 0 Å². The zero-order valence-electron chi connectivity index (χ0n) is 16.7. The van der Waals surface area contributed by atoms with Gasteiger partial charge >= 0.3 is 0 Å². The molecule has 1 N–H and O–H groups in total. The van der Waals surface area contributed by atoms with Gasteiger partial charge in [0.1, 0.15) is 5.82 Å². The highest BCUT2D eigenvalue weighted by Crippen LogP contribution is 2.42. The first-order valence-corrected chi connectivity index (χ1v) is 9.05. The predicted octanol–water partition coefficient (Wildman–Crippen LogP) is 3.15. The standard InChI is InChI=1S/C21H23FN2O5/c1-12-5-6-14(22)8-16(12)23-21(26)13-7-19(25)24(11-13)15-9-17(27-2)20(29-4)18(10-15)28-3/h5-6,8-10,13H,7,11H2,1-4H3,(H,23,26)/t13-/m0/s1. The molecule has 1 heterocycles. The molecule has 1 fully saturated rings. The predicted molar refractivity (Wildman–Crippen MR) is 106 cm³/mol.